The highest BCUT2D eigenvalue weighted by molar-refractivity contribution is 7.52. The molecule has 12 nitrogen and oxygen atoms in total. The molecule has 0 bridgehead atoms. The molecule has 326 valence electrons. The van der Waals surface area contributed by atoms with Crippen molar-refractivity contribution in [1.29, 1.82) is 0 Å². The van der Waals surface area contributed by atoms with Crippen LogP contribution in [0.2, 0.25) is 0 Å². The van der Waals surface area contributed by atoms with Crippen LogP contribution >= 0.6 is 7.60 Å². The fourth-order valence-electron chi connectivity index (χ4n) is 7.27. The van der Waals surface area contributed by atoms with E-state index in [9.17, 15) is 46.2 Å². The minimum atomic E-state index is -4.67. The standard InChI is InChI=1S/C42H58F4N5O7P/c1-7-25(4)35(38(53)47-21-12-13-22-59(56,57)58-27(6)9-3)50-40(55)41(20-19-33-30(24-41)29-16-14-17-31(37(29)48-33)42(44,45)46)51-39(54)36(26(5)8-2)49-34(52)23-28-15-10-11-18-32(28)43/h10-11,14-18,25-27,35-36,48H,7-9,12-13,19-24H2,1-6H3,(H,47,53)(H,49,52)(H,50,55)(H,51,54)(H,56,57). The summed E-state index contributed by atoms with van der Waals surface area (Å²) in [5.41, 5.74) is -1.80. The molecule has 3 aromatic rings. The number of hydrogen-bond donors (Lipinski definition) is 6. The van der Waals surface area contributed by atoms with Crippen molar-refractivity contribution in [2.45, 2.75) is 129 Å². The van der Waals surface area contributed by atoms with Gasteiger partial charge in [0.25, 0.3) is 0 Å². The Labute approximate surface area is 342 Å². The SMILES string of the molecule is CCC(C)OP(=O)(O)CCCCNC(=O)C(NC(=O)C1(NC(=O)C(NC(=O)Cc2ccccc2F)C(C)CC)CCc2[nH]c3c(C(F)(F)F)cccc3c2C1)C(C)CC. The number of carbonyl (C=O) groups excluding carboxylic acids is 4. The highest BCUT2D eigenvalue weighted by atomic mass is 31.2. The Morgan fingerprint density at radius 2 is 1.58 bits per heavy atom. The number of aryl methyl sites for hydroxylation is 1. The Bertz CT molecular complexity index is 2010. The Morgan fingerprint density at radius 3 is 2.20 bits per heavy atom. The zero-order valence-electron chi connectivity index (χ0n) is 34.6. The third-order valence-electron chi connectivity index (χ3n) is 11.4. The number of para-hydroxylation sites is 1. The molecule has 4 rings (SSSR count). The average molecular weight is 852 g/mol. The second-order valence-corrected chi connectivity index (χ2v) is 17.7. The van der Waals surface area contributed by atoms with Crippen LogP contribution in [0.4, 0.5) is 17.6 Å². The maximum atomic E-state index is 14.7. The number of halogens is 4. The lowest BCUT2D eigenvalue weighted by molar-refractivity contribution is -0.139. The normalized spacial score (nSPS) is 19.0. The van der Waals surface area contributed by atoms with Crippen molar-refractivity contribution < 1.29 is 50.7 Å². The first-order chi connectivity index (χ1) is 27.8. The maximum Gasteiger partial charge on any atom is 0.418 e. The molecule has 2 aromatic carbocycles. The molecule has 0 aliphatic heterocycles. The third-order valence-corrected chi connectivity index (χ3v) is 13.0. The van der Waals surface area contributed by atoms with Gasteiger partial charge in [0, 0.05) is 24.0 Å². The van der Waals surface area contributed by atoms with Gasteiger partial charge in [-0.25, -0.2) is 4.39 Å². The first-order valence-electron chi connectivity index (χ1n) is 20.4. The van der Waals surface area contributed by atoms with Crippen LogP contribution < -0.4 is 21.3 Å². The van der Waals surface area contributed by atoms with Crippen LogP contribution in [0.1, 0.15) is 102 Å². The van der Waals surface area contributed by atoms with Gasteiger partial charge >= 0.3 is 13.8 Å². The van der Waals surface area contributed by atoms with Gasteiger partial charge in [0.15, 0.2) is 0 Å². The number of nitrogens with one attached hydrogen (secondary N) is 5. The molecule has 7 unspecified atom stereocenters. The van der Waals surface area contributed by atoms with E-state index in [0.717, 1.165) is 6.07 Å². The molecule has 1 heterocycles. The van der Waals surface area contributed by atoms with E-state index < -0.39 is 78.2 Å². The molecule has 1 aromatic heterocycles. The maximum absolute atomic E-state index is 14.7. The first kappa shape index (κ1) is 47.4. The van der Waals surface area contributed by atoms with Crippen LogP contribution in [-0.4, -0.2) is 69.9 Å². The van der Waals surface area contributed by atoms with E-state index >= 15 is 0 Å². The summed E-state index contributed by atoms with van der Waals surface area (Å²) in [5.74, 6) is -4.05. The number of benzene rings is 2. The van der Waals surface area contributed by atoms with Gasteiger partial charge < -0.3 is 35.7 Å². The smallest absolute Gasteiger partial charge is 0.358 e. The summed E-state index contributed by atoms with van der Waals surface area (Å²) in [6.45, 7) is 10.8. The molecular weight excluding hydrogens is 793 g/mol. The van der Waals surface area contributed by atoms with E-state index in [1.165, 1.54) is 30.3 Å². The van der Waals surface area contributed by atoms with Crippen LogP contribution in [0, 0.1) is 17.7 Å². The Hall–Kier alpha value is -4.27. The number of alkyl halides is 3. The minimum Gasteiger partial charge on any atom is -0.358 e. The van der Waals surface area contributed by atoms with Crippen molar-refractivity contribution in [2.75, 3.05) is 12.7 Å². The van der Waals surface area contributed by atoms with Gasteiger partial charge in [0.1, 0.15) is 23.4 Å². The molecule has 59 heavy (non-hydrogen) atoms. The van der Waals surface area contributed by atoms with Crippen LogP contribution in [0.3, 0.4) is 0 Å². The van der Waals surface area contributed by atoms with Gasteiger partial charge in [-0.05, 0) is 74.1 Å². The molecule has 0 fully saturated rings. The van der Waals surface area contributed by atoms with Crippen molar-refractivity contribution in [3.8, 4) is 0 Å². The summed E-state index contributed by atoms with van der Waals surface area (Å²) in [6.07, 6.45) is -3.61. The second kappa shape index (κ2) is 20.3. The van der Waals surface area contributed by atoms with Gasteiger partial charge in [-0.1, -0.05) is 77.8 Å². The lowest BCUT2D eigenvalue weighted by atomic mass is 9.78. The molecule has 4 amide bonds. The van der Waals surface area contributed by atoms with E-state index in [1.807, 2.05) is 20.8 Å². The lowest BCUT2D eigenvalue weighted by Crippen LogP contribution is -2.67. The number of carbonyl (C=O) groups is 4. The molecule has 0 spiro atoms. The molecule has 0 saturated heterocycles. The van der Waals surface area contributed by atoms with Crippen molar-refractivity contribution in [2.24, 2.45) is 11.8 Å². The van der Waals surface area contributed by atoms with Crippen molar-refractivity contribution in [3.05, 3.63) is 70.7 Å². The minimum absolute atomic E-state index is 0.0586. The van der Waals surface area contributed by atoms with Gasteiger partial charge in [0.2, 0.25) is 23.6 Å². The van der Waals surface area contributed by atoms with Crippen LogP contribution in [0.15, 0.2) is 42.5 Å². The van der Waals surface area contributed by atoms with E-state index in [-0.39, 0.29) is 67.4 Å². The van der Waals surface area contributed by atoms with Crippen molar-refractivity contribution in [1.82, 2.24) is 26.3 Å². The van der Waals surface area contributed by atoms with Gasteiger partial charge in [0.05, 0.1) is 29.8 Å². The van der Waals surface area contributed by atoms with Crippen LogP contribution in [0.5, 0.6) is 0 Å². The van der Waals surface area contributed by atoms with Gasteiger partial charge in [-0.2, -0.15) is 13.2 Å². The number of rotatable bonds is 20. The summed E-state index contributed by atoms with van der Waals surface area (Å²) < 4.78 is 74.4. The van der Waals surface area contributed by atoms with Gasteiger partial charge in [-0.15, -0.1) is 0 Å². The zero-order valence-corrected chi connectivity index (χ0v) is 35.5. The fourth-order valence-corrected chi connectivity index (χ4v) is 8.71. The summed E-state index contributed by atoms with van der Waals surface area (Å²) >= 11 is 0. The summed E-state index contributed by atoms with van der Waals surface area (Å²) in [5, 5.41) is 11.5. The van der Waals surface area contributed by atoms with E-state index in [2.05, 4.69) is 26.3 Å². The molecule has 0 saturated carbocycles. The third kappa shape index (κ3) is 12.2. The van der Waals surface area contributed by atoms with Crippen molar-refractivity contribution in [3.63, 3.8) is 0 Å². The predicted octanol–water partition coefficient (Wildman–Crippen LogP) is 6.87. The summed E-state index contributed by atoms with van der Waals surface area (Å²) in [4.78, 5) is 69.1. The summed E-state index contributed by atoms with van der Waals surface area (Å²) in [6, 6.07) is 7.24. The molecular formula is C42H58F4N5O7P. The number of unbranched alkanes of at least 4 members (excludes halogenated alkanes) is 1. The van der Waals surface area contributed by atoms with Gasteiger partial charge in [-0.3, -0.25) is 23.7 Å². The Morgan fingerprint density at radius 1 is 0.915 bits per heavy atom. The first-order valence-corrected chi connectivity index (χ1v) is 22.1. The fraction of sp³-hybridized carbons (Fsp3) is 0.571. The van der Waals surface area contributed by atoms with E-state index in [0.29, 0.717) is 36.9 Å². The predicted molar refractivity (Wildman–Crippen MR) is 217 cm³/mol. The van der Waals surface area contributed by atoms with Crippen LogP contribution in [0.25, 0.3) is 10.9 Å². The zero-order chi connectivity index (χ0) is 43.7. The largest absolute Gasteiger partial charge is 0.418 e. The van der Waals surface area contributed by atoms with Crippen LogP contribution in [-0.2, 0) is 53.7 Å². The van der Waals surface area contributed by atoms with E-state index in [1.54, 1.807) is 26.8 Å². The molecule has 1 aliphatic rings. The number of hydrogen-bond acceptors (Lipinski definition) is 6. The number of fused-ring (bicyclic) bond motifs is 3. The highest BCUT2D eigenvalue weighted by Crippen LogP contribution is 2.44. The Kier molecular flexibility index (Phi) is 16.3. The number of amides is 4. The summed E-state index contributed by atoms with van der Waals surface area (Å²) in [7, 11) is -3.81. The average Bonchev–Trinajstić information content (AvgIpc) is 3.55. The molecule has 1 aliphatic carbocycles. The highest BCUT2D eigenvalue weighted by Gasteiger charge is 2.47. The quantitative estimate of drug-likeness (QED) is 0.0408. The topological polar surface area (TPSA) is 179 Å². The van der Waals surface area contributed by atoms with E-state index in [4.69, 9.17) is 4.52 Å². The lowest BCUT2D eigenvalue weighted by Gasteiger charge is -2.39. The monoisotopic (exact) mass is 851 g/mol. The molecule has 6 N–H and O–H groups in total. The number of aromatic nitrogens is 1. The number of H-pyrrole nitrogens is 1. The van der Waals surface area contributed by atoms with Crippen molar-refractivity contribution >= 4 is 42.1 Å². The second-order valence-electron chi connectivity index (χ2n) is 15.8. The molecule has 7 atom stereocenters. The number of aromatic amines is 1. The molecule has 17 heteroatoms. The Balaban J connectivity index is 1.63. The molecule has 0 radical (unpaired) electrons.